The zero-order valence-corrected chi connectivity index (χ0v) is 10.2. The van der Waals surface area contributed by atoms with Gasteiger partial charge in [0.25, 0.3) is 0 Å². The monoisotopic (exact) mass is 234 g/mol. The van der Waals surface area contributed by atoms with Gasteiger partial charge in [0.05, 0.1) is 7.11 Å². The van der Waals surface area contributed by atoms with Crippen LogP contribution in [0.4, 0.5) is 5.82 Å². The Bertz CT molecular complexity index is 536. The van der Waals surface area contributed by atoms with E-state index >= 15 is 0 Å². The summed E-state index contributed by atoms with van der Waals surface area (Å²) in [4.78, 5) is 12.5. The van der Waals surface area contributed by atoms with E-state index in [1.807, 2.05) is 13.8 Å². The molecule has 0 fully saturated rings. The first-order valence-corrected chi connectivity index (χ1v) is 5.14. The van der Waals surface area contributed by atoms with Crippen LogP contribution >= 0.6 is 0 Å². The van der Waals surface area contributed by atoms with Gasteiger partial charge in [-0.2, -0.15) is 4.68 Å². The number of hydrogen-bond donors (Lipinski definition) is 1. The Balaban J connectivity index is 2.62. The Morgan fingerprint density at radius 3 is 2.59 bits per heavy atom. The second-order valence-electron chi connectivity index (χ2n) is 3.45. The Labute approximate surface area is 98.9 Å². The first kappa shape index (κ1) is 11.3. The molecule has 0 aliphatic carbocycles. The summed E-state index contributed by atoms with van der Waals surface area (Å²) in [5.41, 5.74) is 0. The predicted molar refractivity (Wildman–Crippen MR) is 62.5 cm³/mol. The Hall–Kier alpha value is -2.18. The van der Waals surface area contributed by atoms with Gasteiger partial charge >= 0.3 is 0 Å². The van der Waals surface area contributed by atoms with E-state index in [4.69, 9.17) is 4.74 Å². The van der Waals surface area contributed by atoms with E-state index in [-0.39, 0.29) is 0 Å². The number of anilines is 1. The molecule has 0 aliphatic rings. The van der Waals surface area contributed by atoms with Crippen molar-refractivity contribution in [1.29, 1.82) is 0 Å². The highest BCUT2D eigenvalue weighted by molar-refractivity contribution is 5.57. The number of rotatable bonds is 3. The van der Waals surface area contributed by atoms with E-state index in [0.717, 1.165) is 5.82 Å². The summed E-state index contributed by atoms with van der Waals surface area (Å²) >= 11 is 0. The average Bonchev–Trinajstić information content (AvgIpc) is 2.67. The van der Waals surface area contributed by atoms with Gasteiger partial charge in [0, 0.05) is 7.05 Å². The molecule has 90 valence electrons. The lowest BCUT2D eigenvalue weighted by Crippen LogP contribution is -2.08. The first-order chi connectivity index (χ1) is 8.17. The molecule has 0 radical (unpaired) electrons. The summed E-state index contributed by atoms with van der Waals surface area (Å²) in [5, 5.41) is 7.22. The minimum atomic E-state index is 0.544. The summed E-state index contributed by atoms with van der Waals surface area (Å²) < 4.78 is 6.95. The molecule has 2 aromatic rings. The second kappa shape index (κ2) is 4.36. The Morgan fingerprint density at radius 2 is 2.06 bits per heavy atom. The van der Waals surface area contributed by atoms with E-state index in [1.165, 1.54) is 6.33 Å². The predicted octanol–water partition coefficient (Wildman–Crippen LogP) is 0.724. The molecule has 0 amide bonds. The van der Waals surface area contributed by atoms with Gasteiger partial charge in [-0.25, -0.2) is 15.0 Å². The van der Waals surface area contributed by atoms with Crippen molar-refractivity contribution in [3.05, 3.63) is 18.0 Å². The van der Waals surface area contributed by atoms with Crippen molar-refractivity contribution < 1.29 is 4.74 Å². The van der Waals surface area contributed by atoms with Gasteiger partial charge in [0.1, 0.15) is 18.0 Å². The Morgan fingerprint density at radius 1 is 1.29 bits per heavy atom. The van der Waals surface area contributed by atoms with Gasteiger partial charge < -0.3 is 10.1 Å². The van der Waals surface area contributed by atoms with Gasteiger partial charge in [-0.3, -0.25) is 0 Å². The third-order valence-electron chi connectivity index (χ3n) is 2.30. The molecule has 7 nitrogen and oxygen atoms in total. The van der Waals surface area contributed by atoms with E-state index < -0.39 is 0 Å². The fourth-order valence-electron chi connectivity index (χ4n) is 1.60. The van der Waals surface area contributed by atoms with Gasteiger partial charge in [-0.15, -0.1) is 5.10 Å². The van der Waals surface area contributed by atoms with E-state index in [9.17, 15) is 0 Å². The zero-order chi connectivity index (χ0) is 12.4. The molecule has 0 aromatic carbocycles. The summed E-state index contributed by atoms with van der Waals surface area (Å²) in [7, 11) is 3.34. The van der Waals surface area contributed by atoms with Crippen LogP contribution in [0.1, 0.15) is 11.6 Å². The summed E-state index contributed by atoms with van der Waals surface area (Å²) in [5.74, 6) is 3.17. The summed E-state index contributed by atoms with van der Waals surface area (Å²) in [6.07, 6.45) is 1.46. The quantitative estimate of drug-likeness (QED) is 0.843. The van der Waals surface area contributed by atoms with Crippen LogP contribution in [0.25, 0.3) is 5.82 Å². The highest BCUT2D eigenvalue weighted by atomic mass is 16.5. The van der Waals surface area contributed by atoms with Crippen molar-refractivity contribution in [3.8, 4) is 11.6 Å². The molecule has 0 saturated heterocycles. The maximum Gasteiger partial charge on any atom is 0.206 e. The molecule has 0 atom stereocenters. The lowest BCUT2D eigenvalue weighted by atomic mass is 10.4. The molecule has 0 unspecified atom stereocenters. The number of hydrogen-bond acceptors (Lipinski definition) is 6. The van der Waals surface area contributed by atoms with Crippen LogP contribution in [-0.2, 0) is 0 Å². The standard InChI is InChI=1S/C10H14N6O/c1-6-14-7(2)16(15-6)10-8(17-4)9(11-3)12-5-13-10/h5H,1-4H3,(H,11,12,13). The number of aromatic nitrogens is 5. The fourth-order valence-corrected chi connectivity index (χ4v) is 1.60. The number of nitrogens with zero attached hydrogens (tertiary/aromatic N) is 5. The maximum atomic E-state index is 5.31. The second-order valence-corrected chi connectivity index (χ2v) is 3.45. The lowest BCUT2D eigenvalue weighted by molar-refractivity contribution is 0.409. The van der Waals surface area contributed by atoms with E-state index in [1.54, 1.807) is 18.8 Å². The van der Waals surface area contributed by atoms with Crippen molar-refractivity contribution >= 4 is 5.82 Å². The fraction of sp³-hybridized carbons (Fsp3) is 0.400. The molecular weight excluding hydrogens is 220 g/mol. The van der Waals surface area contributed by atoms with E-state index in [0.29, 0.717) is 23.2 Å². The molecule has 0 bridgehead atoms. The molecule has 0 saturated carbocycles. The molecule has 17 heavy (non-hydrogen) atoms. The number of aryl methyl sites for hydroxylation is 2. The van der Waals surface area contributed by atoms with Crippen molar-refractivity contribution in [3.63, 3.8) is 0 Å². The van der Waals surface area contributed by atoms with Crippen LogP contribution in [0.5, 0.6) is 5.75 Å². The summed E-state index contributed by atoms with van der Waals surface area (Å²) in [6.45, 7) is 3.69. The molecule has 1 N–H and O–H groups in total. The zero-order valence-electron chi connectivity index (χ0n) is 10.2. The van der Waals surface area contributed by atoms with Gasteiger partial charge in [-0.05, 0) is 13.8 Å². The minimum absolute atomic E-state index is 0.544. The van der Waals surface area contributed by atoms with Crippen LogP contribution in [0.2, 0.25) is 0 Å². The molecule has 0 aliphatic heterocycles. The van der Waals surface area contributed by atoms with Crippen LogP contribution in [0, 0.1) is 13.8 Å². The van der Waals surface area contributed by atoms with E-state index in [2.05, 4.69) is 25.4 Å². The van der Waals surface area contributed by atoms with Crippen molar-refractivity contribution in [2.45, 2.75) is 13.8 Å². The maximum absolute atomic E-state index is 5.31. The molecule has 0 spiro atoms. The molecule has 2 rings (SSSR count). The van der Waals surface area contributed by atoms with Crippen molar-refractivity contribution in [2.75, 3.05) is 19.5 Å². The third-order valence-corrected chi connectivity index (χ3v) is 2.30. The molecular formula is C10H14N6O. The normalized spacial score (nSPS) is 10.4. The lowest BCUT2D eigenvalue weighted by Gasteiger charge is -2.11. The number of methoxy groups -OCH3 is 1. The minimum Gasteiger partial charge on any atom is -0.490 e. The van der Waals surface area contributed by atoms with Crippen LogP contribution in [0.3, 0.4) is 0 Å². The number of nitrogens with one attached hydrogen (secondary N) is 1. The SMILES string of the molecule is CNc1ncnc(-n2nc(C)nc2C)c1OC. The topological polar surface area (TPSA) is 77.8 Å². The molecule has 2 heterocycles. The molecule has 2 aromatic heterocycles. The van der Waals surface area contributed by atoms with Gasteiger partial charge in [0.2, 0.25) is 11.6 Å². The smallest absolute Gasteiger partial charge is 0.206 e. The molecule has 7 heteroatoms. The largest absolute Gasteiger partial charge is 0.490 e. The van der Waals surface area contributed by atoms with Crippen LogP contribution in [-0.4, -0.2) is 38.9 Å². The Kier molecular flexibility index (Phi) is 2.90. The van der Waals surface area contributed by atoms with Gasteiger partial charge in [-0.1, -0.05) is 0 Å². The third kappa shape index (κ3) is 1.91. The van der Waals surface area contributed by atoms with Crippen LogP contribution < -0.4 is 10.1 Å². The highest BCUT2D eigenvalue weighted by Crippen LogP contribution is 2.27. The number of ether oxygens (including phenoxy) is 1. The average molecular weight is 234 g/mol. The van der Waals surface area contributed by atoms with Crippen LogP contribution in [0.15, 0.2) is 6.33 Å². The van der Waals surface area contributed by atoms with Crippen molar-refractivity contribution in [1.82, 2.24) is 24.7 Å². The van der Waals surface area contributed by atoms with Crippen molar-refractivity contribution in [2.24, 2.45) is 0 Å². The highest BCUT2D eigenvalue weighted by Gasteiger charge is 2.16. The van der Waals surface area contributed by atoms with Gasteiger partial charge in [0.15, 0.2) is 5.82 Å². The first-order valence-electron chi connectivity index (χ1n) is 5.14. The summed E-state index contributed by atoms with van der Waals surface area (Å²) in [6, 6.07) is 0.